The van der Waals surface area contributed by atoms with Crippen molar-refractivity contribution in [1.29, 1.82) is 0 Å². The second kappa shape index (κ2) is 6.38. The highest BCUT2D eigenvalue weighted by molar-refractivity contribution is 5.82. The lowest BCUT2D eigenvalue weighted by molar-refractivity contribution is 0.0550. The van der Waals surface area contributed by atoms with Crippen molar-refractivity contribution in [2.75, 3.05) is 28.3 Å². The van der Waals surface area contributed by atoms with Crippen LogP contribution in [-0.4, -0.2) is 38.1 Å². The SMILES string of the molecule is C=C1C(C)=C(C)C(c2ccc(C3(N(C)C)CCC3)c(OC)c2)=CN1C. The maximum Gasteiger partial charge on any atom is 0.124 e. The van der Waals surface area contributed by atoms with Crippen molar-refractivity contribution in [3.05, 3.63) is 58.9 Å². The highest BCUT2D eigenvalue weighted by atomic mass is 16.5. The molecule has 3 nitrogen and oxygen atoms in total. The minimum atomic E-state index is 0.122. The molecule has 3 heteroatoms. The van der Waals surface area contributed by atoms with Crippen molar-refractivity contribution in [2.45, 2.75) is 38.6 Å². The van der Waals surface area contributed by atoms with Crippen LogP contribution in [0.4, 0.5) is 0 Å². The number of ether oxygens (including phenoxy) is 1. The second-order valence-electron chi connectivity index (χ2n) is 7.55. The van der Waals surface area contributed by atoms with Crippen LogP contribution in [0.2, 0.25) is 0 Å². The van der Waals surface area contributed by atoms with Gasteiger partial charge in [0.25, 0.3) is 0 Å². The third-order valence-corrected chi connectivity index (χ3v) is 6.20. The molecule has 0 saturated heterocycles. The molecule has 1 fully saturated rings. The van der Waals surface area contributed by atoms with E-state index in [1.165, 1.54) is 47.1 Å². The fourth-order valence-corrected chi connectivity index (χ4v) is 4.05. The van der Waals surface area contributed by atoms with Crippen LogP contribution in [-0.2, 0) is 5.54 Å². The molecule has 0 atom stereocenters. The summed E-state index contributed by atoms with van der Waals surface area (Å²) >= 11 is 0. The van der Waals surface area contributed by atoms with Gasteiger partial charge in [0.05, 0.1) is 7.11 Å². The van der Waals surface area contributed by atoms with Gasteiger partial charge in [-0.25, -0.2) is 0 Å². The molecule has 0 spiro atoms. The van der Waals surface area contributed by atoms with E-state index in [9.17, 15) is 0 Å². The van der Waals surface area contributed by atoms with E-state index >= 15 is 0 Å². The molecule has 0 bridgehead atoms. The number of benzene rings is 1. The molecule has 25 heavy (non-hydrogen) atoms. The fourth-order valence-electron chi connectivity index (χ4n) is 4.05. The molecule has 0 aromatic heterocycles. The van der Waals surface area contributed by atoms with Gasteiger partial charge in [0.15, 0.2) is 0 Å². The Balaban J connectivity index is 2.07. The van der Waals surface area contributed by atoms with Crippen LogP contribution in [0.1, 0.15) is 44.2 Å². The standard InChI is InChI=1S/C22H30N2O/c1-15-16(2)19(14-24(6)17(15)3)18-9-10-20(21(13-18)25-7)22(23(4)5)11-8-12-22/h9-10,13-14H,3,8,11-12H2,1-2,4-7H3. The Labute approximate surface area is 152 Å². The molecule has 0 radical (unpaired) electrons. The largest absolute Gasteiger partial charge is 0.496 e. The van der Waals surface area contributed by atoms with E-state index in [0.29, 0.717) is 0 Å². The smallest absolute Gasteiger partial charge is 0.124 e. The van der Waals surface area contributed by atoms with E-state index in [2.05, 4.69) is 75.8 Å². The topological polar surface area (TPSA) is 15.7 Å². The number of hydrogen-bond acceptors (Lipinski definition) is 3. The summed E-state index contributed by atoms with van der Waals surface area (Å²) in [5, 5.41) is 0. The van der Waals surface area contributed by atoms with Gasteiger partial charge in [-0.2, -0.15) is 0 Å². The number of hydrogen-bond donors (Lipinski definition) is 0. The lowest BCUT2D eigenvalue weighted by Crippen LogP contribution is -2.47. The first-order valence-corrected chi connectivity index (χ1v) is 9.00. The first kappa shape index (κ1) is 17.8. The molecule has 1 aliphatic heterocycles. The van der Waals surface area contributed by atoms with Crippen LogP contribution in [0.15, 0.2) is 47.8 Å². The van der Waals surface area contributed by atoms with Gasteiger partial charge in [0.1, 0.15) is 5.75 Å². The van der Waals surface area contributed by atoms with Gasteiger partial charge in [-0.1, -0.05) is 18.7 Å². The van der Waals surface area contributed by atoms with Gasteiger partial charge in [-0.3, -0.25) is 4.90 Å². The summed E-state index contributed by atoms with van der Waals surface area (Å²) < 4.78 is 5.82. The lowest BCUT2D eigenvalue weighted by atomic mass is 9.70. The van der Waals surface area contributed by atoms with Gasteiger partial charge in [0.2, 0.25) is 0 Å². The third-order valence-electron chi connectivity index (χ3n) is 6.20. The zero-order chi connectivity index (χ0) is 18.4. The molecule has 1 heterocycles. The molecule has 0 N–H and O–H groups in total. The summed E-state index contributed by atoms with van der Waals surface area (Å²) in [6.45, 7) is 8.48. The molecule has 1 aromatic carbocycles. The molecule has 0 unspecified atom stereocenters. The second-order valence-corrected chi connectivity index (χ2v) is 7.55. The van der Waals surface area contributed by atoms with Crippen molar-refractivity contribution in [3.63, 3.8) is 0 Å². The first-order chi connectivity index (χ1) is 11.8. The normalized spacial score (nSPS) is 19.9. The van der Waals surface area contributed by atoms with Crippen LogP contribution in [0.25, 0.3) is 5.57 Å². The van der Waals surface area contributed by atoms with Crippen molar-refractivity contribution in [3.8, 4) is 5.75 Å². The van der Waals surface area contributed by atoms with Crippen LogP contribution in [0, 0.1) is 0 Å². The molecule has 1 aromatic rings. The zero-order valence-electron chi connectivity index (χ0n) is 16.4. The van der Waals surface area contributed by atoms with E-state index < -0.39 is 0 Å². The van der Waals surface area contributed by atoms with Crippen LogP contribution < -0.4 is 4.74 Å². The number of nitrogens with zero attached hydrogens (tertiary/aromatic N) is 2. The summed E-state index contributed by atoms with van der Waals surface area (Å²) in [4.78, 5) is 4.45. The molecule has 2 aliphatic rings. The predicted molar refractivity (Wildman–Crippen MR) is 105 cm³/mol. The highest BCUT2D eigenvalue weighted by Gasteiger charge is 2.42. The Hall–Kier alpha value is -2.00. The van der Waals surface area contributed by atoms with E-state index in [-0.39, 0.29) is 5.54 Å². The maximum atomic E-state index is 5.82. The molecule has 0 amide bonds. The predicted octanol–water partition coefficient (Wildman–Crippen LogP) is 4.77. The molecule has 1 saturated carbocycles. The van der Waals surface area contributed by atoms with Crippen LogP contribution >= 0.6 is 0 Å². The summed E-state index contributed by atoms with van der Waals surface area (Å²) in [5.41, 5.74) is 7.45. The summed E-state index contributed by atoms with van der Waals surface area (Å²) in [7, 11) is 8.18. The number of likely N-dealkylation sites (N-methyl/N-ethyl adjacent to an activating group) is 1. The molecule has 3 rings (SSSR count). The lowest BCUT2D eigenvalue weighted by Gasteiger charge is -2.48. The Morgan fingerprint density at radius 2 is 1.84 bits per heavy atom. The average molecular weight is 338 g/mol. The van der Waals surface area contributed by atoms with E-state index in [0.717, 1.165) is 11.4 Å². The number of methoxy groups -OCH3 is 1. The zero-order valence-corrected chi connectivity index (χ0v) is 16.4. The van der Waals surface area contributed by atoms with Crippen molar-refractivity contribution in [1.82, 2.24) is 9.80 Å². The quantitative estimate of drug-likeness (QED) is 0.786. The molecular formula is C22H30N2O. The Morgan fingerprint density at radius 3 is 2.36 bits per heavy atom. The first-order valence-electron chi connectivity index (χ1n) is 9.00. The highest BCUT2D eigenvalue weighted by Crippen LogP contribution is 2.49. The maximum absolute atomic E-state index is 5.82. The van der Waals surface area contributed by atoms with E-state index in [1.54, 1.807) is 7.11 Å². The van der Waals surface area contributed by atoms with Gasteiger partial charge in [0, 0.05) is 35.6 Å². The monoisotopic (exact) mass is 338 g/mol. The van der Waals surface area contributed by atoms with Crippen molar-refractivity contribution >= 4 is 5.57 Å². The Bertz CT molecular complexity index is 766. The van der Waals surface area contributed by atoms with Crippen molar-refractivity contribution in [2.24, 2.45) is 0 Å². The minimum Gasteiger partial charge on any atom is -0.496 e. The molecule has 1 aliphatic carbocycles. The Morgan fingerprint density at radius 1 is 1.16 bits per heavy atom. The number of allylic oxidation sites excluding steroid dienone is 3. The summed E-state index contributed by atoms with van der Waals surface area (Å²) in [6.07, 6.45) is 5.84. The van der Waals surface area contributed by atoms with Gasteiger partial charge >= 0.3 is 0 Å². The van der Waals surface area contributed by atoms with E-state index in [4.69, 9.17) is 4.74 Å². The molecule has 134 valence electrons. The van der Waals surface area contributed by atoms with Gasteiger partial charge in [-0.05, 0) is 70.0 Å². The summed E-state index contributed by atoms with van der Waals surface area (Å²) in [6, 6.07) is 6.70. The van der Waals surface area contributed by atoms with Gasteiger partial charge < -0.3 is 9.64 Å². The Kier molecular flexibility index (Phi) is 4.54. The number of rotatable bonds is 4. The van der Waals surface area contributed by atoms with Crippen LogP contribution in [0.3, 0.4) is 0 Å². The van der Waals surface area contributed by atoms with Crippen molar-refractivity contribution < 1.29 is 4.74 Å². The van der Waals surface area contributed by atoms with E-state index in [1.807, 2.05) is 0 Å². The molecular weight excluding hydrogens is 308 g/mol. The third kappa shape index (κ3) is 2.71. The van der Waals surface area contributed by atoms with Gasteiger partial charge in [-0.15, -0.1) is 0 Å². The summed E-state index contributed by atoms with van der Waals surface area (Å²) in [5.74, 6) is 0.990. The average Bonchev–Trinajstić information content (AvgIpc) is 2.55. The van der Waals surface area contributed by atoms with Crippen LogP contribution in [0.5, 0.6) is 5.75 Å². The minimum absolute atomic E-state index is 0.122. The fraction of sp³-hybridized carbons (Fsp3) is 0.455.